The third-order valence-corrected chi connectivity index (χ3v) is 3.57. The first-order valence-corrected chi connectivity index (χ1v) is 7.56. The number of nitrogens with zero attached hydrogens (tertiary/aromatic N) is 2. The Kier molecular flexibility index (Phi) is 8.08. The van der Waals surface area contributed by atoms with Gasteiger partial charge in [0, 0.05) is 25.9 Å². The molecule has 0 fully saturated rings. The van der Waals surface area contributed by atoms with Gasteiger partial charge in [0.15, 0.2) is 0 Å². The van der Waals surface area contributed by atoms with Gasteiger partial charge in [-0.1, -0.05) is 12.1 Å². The SMILES string of the molecule is CCOC(=O)c1ccc(CCCN2C=CN(C(C)=O)C2)cc1.I. The Balaban J connectivity index is 0.00000264. The summed E-state index contributed by atoms with van der Waals surface area (Å²) >= 11 is 0. The molecule has 1 aliphatic rings. The molecule has 23 heavy (non-hydrogen) atoms. The molecule has 1 amide bonds. The van der Waals surface area contributed by atoms with Crippen LogP contribution in [-0.4, -0.2) is 41.5 Å². The van der Waals surface area contributed by atoms with Crippen LogP contribution >= 0.6 is 24.0 Å². The first kappa shape index (κ1) is 19.5. The van der Waals surface area contributed by atoms with Crippen LogP contribution in [0.2, 0.25) is 0 Å². The minimum absolute atomic E-state index is 0. The number of rotatable bonds is 6. The summed E-state index contributed by atoms with van der Waals surface area (Å²) in [6.07, 6.45) is 5.70. The number of hydrogen-bond acceptors (Lipinski definition) is 4. The topological polar surface area (TPSA) is 49.9 Å². The molecule has 1 aromatic rings. The second-order valence-corrected chi connectivity index (χ2v) is 5.26. The average molecular weight is 430 g/mol. The van der Waals surface area contributed by atoms with Gasteiger partial charge in [0.05, 0.1) is 18.8 Å². The van der Waals surface area contributed by atoms with Gasteiger partial charge in [0.25, 0.3) is 0 Å². The van der Waals surface area contributed by atoms with E-state index in [1.807, 2.05) is 24.5 Å². The van der Waals surface area contributed by atoms with E-state index in [0.29, 0.717) is 18.8 Å². The largest absolute Gasteiger partial charge is 0.462 e. The second-order valence-electron chi connectivity index (χ2n) is 5.26. The van der Waals surface area contributed by atoms with Crippen molar-refractivity contribution in [1.82, 2.24) is 9.80 Å². The lowest BCUT2D eigenvalue weighted by atomic mass is 10.1. The molecule has 1 aliphatic heterocycles. The first-order chi connectivity index (χ1) is 10.6. The van der Waals surface area contributed by atoms with Gasteiger partial charge in [-0.15, -0.1) is 24.0 Å². The lowest BCUT2D eigenvalue weighted by Crippen LogP contribution is -2.29. The van der Waals surface area contributed by atoms with E-state index >= 15 is 0 Å². The summed E-state index contributed by atoms with van der Waals surface area (Å²) in [6.45, 7) is 5.30. The zero-order valence-electron chi connectivity index (χ0n) is 13.5. The van der Waals surface area contributed by atoms with Gasteiger partial charge in [-0.3, -0.25) is 9.69 Å². The molecule has 2 rings (SSSR count). The van der Waals surface area contributed by atoms with Crippen molar-refractivity contribution in [3.8, 4) is 0 Å². The molecule has 0 spiro atoms. The third-order valence-electron chi connectivity index (χ3n) is 3.57. The fraction of sp³-hybridized carbons (Fsp3) is 0.412. The molecular weight excluding hydrogens is 407 g/mol. The van der Waals surface area contributed by atoms with Crippen LogP contribution < -0.4 is 0 Å². The molecule has 0 saturated heterocycles. The first-order valence-electron chi connectivity index (χ1n) is 7.56. The highest BCUT2D eigenvalue weighted by atomic mass is 127. The number of hydrogen-bond donors (Lipinski definition) is 0. The third kappa shape index (κ3) is 5.85. The van der Waals surface area contributed by atoms with Gasteiger partial charge in [-0.05, 0) is 37.5 Å². The molecule has 0 radical (unpaired) electrons. The van der Waals surface area contributed by atoms with Crippen molar-refractivity contribution in [2.24, 2.45) is 0 Å². The average Bonchev–Trinajstić information content (AvgIpc) is 2.97. The molecule has 0 N–H and O–H groups in total. The summed E-state index contributed by atoms with van der Waals surface area (Å²) in [5.74, 6) is -0.214. The molecule has 0 atom stereocenters. The van der Waals surface area contributed by atoms with E-state index < -0.39 is 0 Å². The molecular formula is C17H23IN2O3. The maximum absolute atomic E-state index is 11.6. The highest BCUT2D eigenvalue weighted by Crippen LogP contribution is 2.11. The lowest BCUT2D eigenvalue weighted by molar-refractivity contribution is -0.126. The van der Waals surface area contributed by atoms with E-state index in [9.17, 15) is 9.59 Å². The molecule has 126 valence electrons. The van der Waals surface area contributed by atoms with Crippen molar-refractivity contribution in [3.05, 3.63) is 47.8 Å². The minimum atomic E-state index is -0.277. The molecule has 1 heterocycles. The lowest BCUT2D eigenvalue weighted by Gasteiger charge is -2.18. The molecule has 0 aromatic heterocycles. The summed E-state index contributed by atoms with van der Waals surface area (Å²) < 4.78 is 4.96. The predicted molar refractivity (Wildman–Crippen MR) is 99.4 cm³/mol. The number of carbonyl (C=O) groups excluding carboxylic acids is 2. The van der Waals surface area contributed by atoms with Crippen molar-refractivity contribution in [3.63, 3.8) is 0 Å². The number of halogens is 1. The Morgan fingerprint density at radius 3 is 2.43 bits per heavy atom. The molecule has 0 aliphatic carbocycles. The highest BCUT2D eigenvalue weighted by Gasteiger charge is 2.14. The van der Waals surface area contributed by atoms with Crippen molar-refractivity contribution in [2.45, 2.75) is 26.7 Å². The van der Waals surface area contributed by atoms with E-state index in [4.69, 9.17) is 4.74 Å². The number of ether oxygens (including phenoxy) is 1. The summed E-state index contributed by atoms with van der Waals surface area (Å²) in [5.41, 5.74) is 1.78. The Bertz CT molecular complexity index is 557. The maximum atomic E-state index is 11.6. The number of aryl methyl sites for hydroxylation is 1. The zero-order valence-corrected chi connectivity index (χ0v) is 15.9. The number of carbonyl (C=O) groups is 2. The number of benzene rings is 1. The summed E-state index contributed by atoms with van der Waals surface area (Å²) in [5, 5.41) is 0. The molecule has 5 nitrogen and oxygen atoms in total. The van der Waals surface area contributed by atoms with E-state index in [1.165, 1.54) is 5.56 Å². The van der Waals surface area contributed by atoms with E-state index in [-0.39, 0.29) is 35.9 Å². The quantitative estimate of drug-likeness (QED) is 0.515. The molecule has 1 aromatic carbocycles. The van der Waals surface area contributed by atoms with Gasteiger partial charge in [-0.25, -0.2) is 4.79 Å². The fourth-order valence-corrected chi connectivity index (χ4v) is 2.32. The van der Waals surface area contributed by atoms with Crippen LogP contribution in [0.5, 0.6) is 0 Å². The van der Waals surface area contributed by atoms with Crippen LogP contribution in [0.1, 0.15) is 36.2 Å². The van der Waals surface area contributed by atoms with E-state index in [2.05, 4.69) is 4.90 Å². The highest BCUT2D eigenvalue weighted by molar-refractivity contribution is 14.0. The van der Waals surface area contributed by atoms with Gasteiger partial charge in [0.1, 0.15) is 0 Å². The van der Waals surface area contributed by atoms with Crippen LogP contribution in [0, 0.1) is 0 Å². The van der Waals surface area contributed by atoms with Crippen LogP contribution in [0.4, 0.5) is 0 Å². The Morgan fingerprint density at radius 2 is 1.87 bits per heavy atom. The number of amides is 1. The zero-order chi connectivity index (χ0) is 15.9. The summed E-state index contributed by atoms with van der Waals surface area (Å²) in [7, 11) is 0. The number of esters is 1. The van der Waals surface area contributed by atoms with Crippen LogP contribution in [-0.2, 0) is 16.0 Å². The Morgan fingerprint density at radius 1 is 1.17 bits per heavy atom. The van der Waals surface area contributed by atoms with E-state index in [0.717, 1.165) is 19.4 Å². The van der Waals surface area contributed by atoms with Crippen molar-refractivity contribution < 1.29 is 14.3 Å². The Labute approximate surface area is 154 Å². The molecule has 6 heteroatoms. The molecule has 0 bridgehead atoms. The van der Waals surface area contributed by atoms with Crippen LogP contribution in [0.15, 0.2) is 36.7 Å². The predicted octanol–water partition coefficient (Wildman–Crippen LogP) is 3.01. The van der Waals surface area contributed by atoms with Crippen molar-refractivity contribution in [2.75, 3.05) is 19.8 Å². The molecule has 0 saturated carbocycles. The fourth-order valence-electron chi connectivity index (χ4n) is 2.32. The minimum Gasteiger partial charge on any atom is -0.462 e. The van der Waals surface area contributed by atoms with Gasteiger partial charge < -0.3 is 9.64 Å². The van der Waals surface area contributed by atoms with Crippen LogP contribution in [0.3, 0.4) is 0 Å². The van der Waals surface area contributed by atoms with Crippen LogP contribution in [0.25, 0.3) is 0 Å². The van der Waals surface area contributed by atoms with Crippen molar-refractivity contribution >= 4 is 35.9 Å². The monoisotopic (exact) mass is 430 g/mol. The second kappa shape index (κ2) is 9.54. The van der Waals surface area contributed by atoms with E-state index in [1.54, 1.807) is 30.9 Å². The summed E-state index contributed by atoms with van der Waals surface area (Å²) in [4.78, 5) is 26.6. The maximum Gasteiger partial charge on any atom is 0.338 e. The van der Waals surface area contributed by atoms with Crippen molar-refractivity contribution in [1.29, 1.82) is 0 Å². The Hall–Kier alpha value is -1.57. The van der Waals surface area contributed by atoms with Gasteiger partial charge >= 0.3 is 5.97 Å². The normalized spacial score (nSPS) is 13.0. The summed E-state index contributed by atoms with van der Waals surface area (Å²) in [6, 6.07) is 7.54. The molecule has 0 unspecified atom stereocenters. The van der Waals surface area contributed by atoms with Gasteiger partial charge in [-0.2, -0.15) is 0 Å². The standard InChI is InChI=1S/C17H22N2O3.HI/c1-3-22-17(21)16-8-6-15(7-9-16)5-4-10-18-11-12-19(13-18)14(2)20;/h6-9,11-12H,3-5,10,13H2,1-2H3;1H. The smallest absolute Gasteiger partial charge is 0.338 e. The van der Waals surface area contributed by atoms with Gasteiger partial charge in [0.2, 0.25) is 5.91 Å².